The molecule has 1 saturated carbocycles. The molecule has 1 unspecified atom stereocenters. The molecule has 1 N–H and O–H groups in total. The second kappa shape index (κ2) is 7.54. The molecule has 19 heavy (non-hydrogen) atoms. The van der Waals surface area contributed by atoms with Crippen LogP contribution in [0.15, 0.2) is 24.3 Å². The summed E-state index contributed by atoms with van der Waals surface area (Å²) in [7, 11) is 0. The largest absolute Gasteiger partial charge is 0.492 e. The minimum absolute atomic E-state index is 0.517. The number of hydrogen-bond donors (Lipinski definition) is 1. The number of nitrogens with one attached hydrogen (secondary N) is 1. The fourth-order valence-electron chi connectivity index (χ4n) is 2.87. The molecule has 2 nitrogen and oxygen atoms in total. The fourth-order valence-corrected chi connectivity index (χ4v) is 2.87. The Balaban J connectivity index is 1.86. The van der Waals surface area contributed by atoms with Crippen molar-refractivity contribution >= 4 is 0 Å². The Labute approximate surface area is 117 Å². The molecule has 0 heterocycles. The van der Waals surface area contributed by atoms with E-state index in [4.69, 9.17) is 4.74 Å². The Morgan fingerprint density at radius 3 is 2.53 bits per heavy atom. The summed E-state index contributed by atoms with van der Waals surface area (Å²) < 4.78 is 5.97. The van der Waals surface area contributed by atoms with Crippen LogP contribution in [0.3, 0.4) is 0 Å². The highest BCUT2D eigenvalue weighted by atomic mass is 16.5. The monoisotopic (exact) mass is 261 g/mol. The first-order valence-corrected chi connectivity index (χ1v) is 7.72. The summed E-state index contributed by atoms with van der Waals surface area (Å²) in [5.74, 6) is 1.80. The van der Waals surface area contributed by atoms with Gasteiger partial charge in [0, 0.05) is 6.04 Å². The van der Waals surface area contributed by atoms with Crippen LogP contribution in [-0.4, -0.2) is 19.2 Å². The van der Waals surface area contributed by atoms with Crippen LogP contribution in [0.25, 0.3) is 0 Å². The Morgan fingerprint density at radius 2 is 1.89 bits per heavy atom. The van der Waals surface area contributed by atoms with Crippen molar-refractivity contribution in [2.75, 3.05) is 13.2 Å². The molecule has 1 aliphatic rings. The molecule has 106 valence electrons. The predicted molar refractivity (Wildman–Crippen MR) is 80.7 cm³/mol. The van der Waals surface area contributed by atoms with Crippen molar-refractivity contribution in [2.45, 2.75) is 52.0 Å². The zero-order valence-corrected chi connectivity index (χ0v) is 12.3. The average Bonchev–Trinajstić information content (AvgIpc) is 2.95. The van der Waals surface area contributed by atoms with Crippen molar-refractivity contribution in [3.8, 4) is 5.75 Å². The van der Waals surface area contributed by atoms with Crippen molar-refractivity contribution in [1.29, 1.82) is 0 Å². The van der Waals surface area contributed by atoms with E-state index in [0.717, 1.165) is 24.8 Å². The van der Waals surface area contributed by atoms with Gasteiger partial charge in [-0.25, -0.2) is 0 Å². The third-order valence-electron chi connectivity index (χ3n) is 4.08. The van der Waals surface area contributed by atoms with Gasteiger partial charge in [0.15, 0.2) is 0 Å². The molecule has 0 bridgehead atoms. The van der Waals surface area contributed by atoms with Gasteiger partial charge in [0.1, 0.15) is 12.4 Å². The van der Waals surface area contributed by atoms with E-state index in [0.29, 0.717) is 6.04 Å². The molecule has 2 heteroatoms. The van der Waals surface area contributed by atoms with Crippen LogP contribution in [0.4, 0.5) is 0 Å². The maximum Gasteiger partial charge on any atom is 0.119 e. The molecule has 0 radical (unpaired) electrons. The molecule has 0 saturated heterocycles. The first kappa shape index (κ1) is 14.4. The Hall–Kier alpha value is -1.02. The van der Waals surface area contributed by atoms with E-state index < -0.39 is 0 Å². The molecule has 1 aromatic rings. The highest BCUT2D eigenvalue weighted by molar-refractivity contribution is 5.26. The lowest BCUT2D eigenvalue weighted by Gasteiger charge is -2.25. The van der Waals surface area contributed by atoms with E-state index >= 15 is 0 Å². The predicted octanol–water partition coefficient (Wildman–Crippen LogP) is 3.93. The lowest BCUT2D eigenvalue weighted by molar-refractivity contribution is 0.217. The minimum atomic E-state index is 0.517. The highest BCUT2D eigenvalue weighted by Gasteiger charge is 2.24. The van der Waals surface area contributed by atoms with Gasteiger partial charge in [-0.2, -0.15) is 0 Å². The lowest BCUT2D eigenvalue weighted by Crippen LogP contribution is -2.40. The zero-order chi connectivity index (χ0) is 13.5. The van der Waals surface area contributed by atoms with Crippen LogP contribution in [0.2, 0.25) is 0 Å². The Bertz CT molecular complexity index is 354. The molecule has 1 fully saturated rings. The van der Waals surface area contributed by atoms with Crippen molar-refractivity contribution in [2.24, 2.45) is 5.92 Å². The maximum atomic E-state index is 5.97. The van der Waals surface area contributed by atoms with Gasteiger partial charge in [0.25, 0.3) is 0 Å². The summed E-state index contributed by atoms with van der Waals surface area (Å²) in [4.78, 5) is 0. The third kappa shape index (κ3) is 4.54. The van der Waals surface area contributed by atoms with E-state index in [1.165, 1.54) is 37.7 Å². The van der Waals surface area contributed by atoms with Crippen molar-refractivity contribution < 1.29 is 4.74 Å². The zero-order valence-electron chi connectivity index (χ0n) is 12.3. The second-order valence-corrected chi connectivity index (χ2v) is 5.73. The van der Waals surface area contributed by atoms with Crippen molar-refractivity contribution in [3.63, 3.8) is 0 Å². The van der Waals surface area contributed by atoms with Gasteiger partial charge in [0.05, 0.1) is 0 Å². The van der Waals surface area contributed by atoms with Gasteiger partial charge in [0.2, 0.25) is 0 Å². The molecule has 2 rings (SSSR count). The smallest absolute Gasteiger partial charge is 0.119 e. The summed E-state index contributed by atoms with van der Waals surface area (Å²) in [5, 5.41) is 3.67. The average molecular weight is 261 g/mol. The SMILES string of the molecule is CCCNC(COc1ccc(C)cc1)C1CCCC1. The normalized spacial score (nSPS) is 17.6. The quantitative estimate of drug-likeness (QED) is 0.803. The summed E-state index contributed by atoms with van der Waals surface area (Å²) in [6.07, 6.45) is 6.68. The number of benzene rings is 1. The topological polar surface area (TPSA) is 21.3 Å². The molecule has 0 aliphatic heterocycles. The molecule has 1 aromatic carbocycles. The third-order valence-corrected chi connectivity index (χ3v) is 4.08. The summed E-state index contributed by atoms with van der Waals surface area (Å²) in [6.45, 7) is 6.22. The minimum Gasteiger partial charge on any atom is -0.492 e. The van der Waals surface area contributed by atoms with Crippen molar-refractivity contribution in [1.82, 2.24) is 5.32 Å². The fraction of sp³-hybridized carbons (Fsp3) is 0.647. The van der Waals surface area contributed by atoms with Crippen molar-refractivity contribution in [3.05, 3.63) is 29.8 Å². The standard InChI is InChI=1S/C17H27NO/c1-3-12-18-17(15-6-4-5-7-15)13-19-16-10-8-14(2)9-11-16/h8-11,15,17-18H,3-7,12-13H2,1-2H3. The maximum absolute atomic E-state index is 5.97. The molecule has 0 aromatic heterocycles. The summed E-state index contributed by atoms with van der Waals surface area (Å²) >= 11 is 0. The van der Waals surface area contributed by atoms with Crippen LogP contribution >= 0.6 is 0 Å². The molecule has 1 atom stereocenters. The molecule has 1 aliphatic carbocycles. The van der Waals surface area contributed by atoms with Gasteiger partial charge in [-0.05, 0) is 50.8 Å². The van der Waals surface area contributed by atoms with E-state index in [-0.39, 0.29) is 0 Å². The highest BCUT2D eigenvalue weighted by Crippen LogP contribution is 2.28. The van der Waals surface area contributed by atoms with Gasteiger partial charge >= 0.3 is 0 Å². The molecular formula is C17H27NO. The Morgan fingerprint density at radius 1 is 1.21 bits per heavy atom. The van der Waals surface area contributed by atoms with E-state index in [9.17, 15) is 0 Å². The molecular weight excluding hydrogens is 234 g/mol. The van der Waals surface area contributed by atoms with Crippen LogP contribution in [0.1, 0.15) is 44.6 Å². The summed E-state index contributed by atoms with van der Waals surface area (Å²) in [6, 6.07) is 8.88. The van der Waals surface area contributed by atoms with Crippen LogP contribution < -0.4 is 10.1 Å². The summed E-state index contributed by atoms with van der Waals surface area (Å²) in [5.41, 5.74) is 1.28. The number of aryl methyl sites for hydroxylation is 1. The van der Waals surface area contributed by atoms with E-state index in [2.05, 4.69) is 43.4 Å². The lowest BCUT2D eigenvalue weighted by atomic mass is 9.98. The van der Waals surface area contributed by atoms with Gasteiger partial charge in [-0.1, -0.05) is 37.5 Å². The van der Waals surface area contributed by atoms with Gasteiger partial charge in [-0.15, -0.1) is 0 Å². The van der Waals surface area contributed by atoms with Crippen LogP contribution in [-0.2, 0) is 0 Å². The second-order valence-electron chi connectivity index (χ2n) is 5.73. The first-order valence-electron chi connectivity index (χ1n) is 7.72. The number of rotatable bonds is 7. The number of hydrogen-bond acceptors (Lipinski definition) is 2. The van der Waals surface area contributed by atoms with E-state index in [1.54, 1.807) is 0 Å². The molecule has 0 amide bonds. The van der Waals surface area contributed by atoms with Gasteiger partial charge < -0.3 is 10.1 Å². The van der Waals surface area contributed by atoms with Crippen LogP contribution in [0.5, 0.6) is 5.75 Å². The van der Waals surface area contributed by atoms with E-state index in [1.807, 2.05) is 0 Å². The molecule has 0 spiro atoms. The van der Waals surface area contributed by atoms with Crippen LogP contribution in [0, 0.1) is 12.8 Å². The number of ether oxygens (including phenoxy) is 1. The van der Waals surface area contributed by atoms with Gasteiger partial charge in [-0.3, -0.25) is 0 Å². The first-order chi connectivity index (χ1) is 9.29. The Kier molecular flexibility index (Phi) is 5.71.